The van der Waals surface area contributed by atoms with Gasteiger partial charge in [-0.15, -0.1) is 0 Å². The first-order valence-corrected chi connectivity index (χ1v) is 6.73. The Kier molecular flexibility index (Phi) is 4.55. The van der Waals surface area contributed by atoms with Gasteiger partial charge < -0.3 is 9.47 Å². The first-order chi connectivity index (χ1) is 7.43. The van der Waals surface area contributed by atoms with E-state index in [4.69, 9.17) is 9.29 Å². The fourth-order valence-electron chi connectivity index (χ4n) is 1.59. The van der Waals surface area contributed by atoms with Crippen molar-refractivity contribution in [3.05, 3.63) is 0 Å². The van der Waals surface area contributed by atoms with Crippen LogP contribution in [-0.2, 0) is 19.6 Å². The third kappa shape index (κ3) is 3.97. The molecule has 1 aliphatic rings. The Balaban J connectivity index is 2.53. The molecule has 16 heavy (non-hydrogen) atoms. The van der Waals surface area contributed by atoms with Gasteiger partial charge in [0, 0.05) is 6.42 Å². The van der Waals surface area contributed by atoms with E-state index in [0.29, 0.717) is 12.8 Å². The minimum atomic E-state index is -4.09. The van der Waals surface area contributed by atoms with Gasteiger partial charge >= 0.3 is 6.16 Å². The molecule has 0 radical (unpaired) electrons. The molecule has 1 N–H and O–H groups in total. The van der Waals surface area contributed by atoms with E-state index >= 15 is 0 Å². The van der Waals surface area contributed by atoms with Crippen molar-refractivity contribution >= 4 is 16.3 Å². The zero-order valence-corrected chi connectivity index (χ0v) is 9.90. The summed E-state index contributed by atoms with van der Waals surface area (Å²) in [7, 11) is -4.09. The van der Waals surface area contributed by atoms with Crippen LogP contribution in [0.1, 0.15) is 32.6 Å². The monoisotopic (exact) mass is 252 g/mol. The molecule has 1 rings (SSSR count). The maximum Gasteiger partial charge on any atom is 0.508 e. The van der Waals surface area contributed by atoms with Crippen molar-refractivity contribution in [3.8, 4) is 0 Å². The second-order valence-corrected chi connectivity index (χ2v) is 5.51. The number of hydrogen-bond donors (Lipinski definition) is 1. The molecule has 1 fully saturated rings. The molecule has 0 spiro atoms. The van der Waals surface area contributed by atoms with Gasteiger partial charge in [0.1, 0.15) is 12.7 Å². The molecule has 0 amide bonds. The summed E-state index contributed by atoms with van der Waals surface area (Å²) in [6.45, 7) is 1.98. The summed E-state index contributed by atoms with van der Waals surface area (Å²) >= 11 is 0. The first-order valence-electron chi connectivity index (χ1n) is 5.23. The van der Waals surface area contributed by atoms with Crippen LogP contribution >= 0.6 is 0 Å². The van der Waals surface area contributed by atoms with Gasteiger partial charge in [-0.1, -0.05) is 19.8 Å². The molecule has 0 aromatic carbocycles. The van der Waals surface area contributed by atoms with Crippen molar-refractivity contribution in [1.82, 2.24) is 0 Å². The molecule has 0 aromatic rings. The van der Waals surface area contributed by atoms with E-state index in [1.54, 1.807) is 0 Å². The molecule has 94 valence electrons. The van der Waals surface area contributed by atoms with Crippen molar-refractivity contribution in [2.24, 2.45) is 0 Å². The number of unbranched alkanes of at least 4 members (excludes halogenated alkanes) is 1. The van der Waals surface area contributed by atoms with Crippen molar-refractivity contribution in [2.75, 3.05) is 6.61 Å². The van der Waals surface area contributed by atoms with Crippen LogP contribution in [0, 0.1) is 0 Å². The molecular formula is C9H16O6S. The van der Waals surface area contributed by atoms with Gasteiger partial charge in [0.05, 0.1) is 5.25 Å². The van der Waals surface area contributed by atoms with Crippen LogP contribution < -0.4 is 0 Å². The third-order valence-electron chi connectivity index (χ3n) is 2.48. The Labute approximate surface area is 94.7 Å². The Morgan fingerprint density at radius 2 is 2.25 bits per heavy atom. The summed E-state index contributed by atoms with van der Waals surface area (Å²) in [5.74, 6) is 0. The van der Waals surface area contributed by atoms with Gasteiger partial charge in [0.2, 0.25) is 0 Å². The third-order valence-corrected chi connectivity index (χ3v) is 3.75. The van der Waals surface area contributed by atoms with Gasteiger partial charge in [-0.05, 0) is 6.42 Å². The summed E-state index contributed by atoms with van der Waals surface area (Å²) in [6, 6.07) is 0. The maximum atomic E-state index is 11.1. The number of carbonyl (C=O) groups excluding carboxylic acids is 1. The first kappa shape index (κ1) is 13.2. The summed E-state index contributed by atoms with van der Waals surface area (Å²) in [5.41, 5.74) is 0. The van der Waals surface area contributed by atoms with Crippen LogP contribution in [0.2, 0.25) is 0 Å². The van der Waals surface area contributed by atoms with Gasteiger partial charge in [-0.2, -0.15) is 8.42 Å². The quantitative estimate of drug-likeness (QED) is 0.567. The van der Waals surface area contributed by atoms with Crippen molar-refractivity contribution in [2.45, 2.75) is 44.0 Å². The van der Waals surface area contributed by atoms with Gasteiger partial charge in [-0.25, -0.2) is 4.79 Å². The molecule has 2 unspecified atom stereocenters. The Bertz CT molecular complexity index is 336. The van der Waals surface area contributed by atoms with E-state index in [-0.39, 0.29) is 13.0 Å². The lowest BCUT2D eigenvalue weighted by atomic mass is 10.1. The second kappa shape index (κ2) is 5.49. The molecule has 7 heteroatoms. The lowest BCUT2D eigenvalue weighted by Crippen LogP contribution is -2.27. The summed E-state index contributed by atoms with van der Waals surface area (Å²) in [5, 5.41) is -0.882. The lowest BCUT2D eigenvalue weighted by Gasteiger charge is -2.15. The van der Waals surface area contributed by atoms with Crippen LogP contribution in [0.3, 0.4) is 0 Å². The molecule has 2 atom stereocenters. The average molecular weight is 252 g/mol. The average Bonchev–Trinajstić information content (AvgIpc) is 2.57. The second-order valence-electron chi connectivity index (χ2n) is 3.82. The largest absolute Gasteiger partial charge is 0.508 e. The Morgan fingerprint density at radius 1 is 1.56 bits per heavy atom. The number of rotatable bonds is 6. The van der Waals surface area contributed by atoms with Crippen LogP contribution in [0.15, 0.2) is 0 Å². The molecule has 1 heterocycles. The predicted molar refractivity (Wildman–Crippen MR) is 55.7 cm³/mol. The van der Waals surface area contributed by atoms with E-state index in [0.717, 1.165) is 6.42 Å². The molecule has 1 saturated heterocycles. The van der Waals surface area contributed by atoms with E-state index < -0.39 is 27.6 Å². The van der Waals surface area contributed by atoms with Crippen LogP contribution in [0.25, 0.3) is 0 Å². The summed E-state index contributed by atoms with van der Waals surface area (Å²) < 4.78 is 40.5. The summed E-state index contributed by atoms with van der Waals surface area (Å²) in [6.07, 6.45) is 0.637. The number of carbonyl (C=O) groups is 1. The fraction of sp³-hybridized carbons (Fsp3) is 0.889. The zero-order valence-electron chi connectivity index (χ0n) is 9.09. The minimum absolute atomic E-state index is 0.0526. The SMILES string of the molecule is CCCCC(CC1COC(=O)O1)S(=O)(=O)O. The molecule has 1 aliphatic heterocycles. The van der Waals surface area contributed by atoms with Crippen LogP contribution in [-0.4, -0.2) is 37.1 Å². The standard InChI is InChI=1S/C9H16O6S/c1-2-3-4-8(16(11,12)13)5-7-6-14-9(10)15-7/h7-8H,2-6H2,1H3,(H,11,12,13). The van der Waals surface area contributed by atoms with Gasteiger partial charge in [0.25, 0.3) is 10.1 Å². The number of cyclic esters (lactones) is 2. The molecule has 6 nitrogen and oxygen atoms in total. The molecular weight excluding hydrogens is 236 g/mol. The van der Waals surface area contributed by atoms with Crippen LogP contribution in [0.4, 0.5) is 4.79 Å². The molecule has 0 aromatic heterocycles. The molecule has 0 saturated carbocycles. The van der Waals surface area contributed by atoms with Crippen molar-refractivity contribution in [1.29, 1.82) is 0 Å². The zero-order chi connectivity index (χ0) is 12.2. The normalized spacial score (nSPS) is 22.6. The van der Waals surface area contributed by atoms with E-state index in [1.165, 1.54) is 0 Å². The highest BCUT2D eigenvalue weighted by Gasteiger charge is 2.32. The number of ether oxygens (including phenoxy) is 2. The highest BCUT2D eigenvalue weighted by molar-refractivity contribution is 7.86. The topological polar surface area (TPSA) is 89.9 Å². The fourth-order valence-corrected chi connectivity index (χ4v) is 2.52. The predicted octanol–water partition coefficient (Wildman–Crippen LogP) is 1.36. The maximum absolute atomic E-state index is 11.1. The number of hydrogen-bond acceptors (Lipinski definition) is 5. The summed E-state index contributed by atoms with van der Waals surface area (Å²) in [4.78, 5) is 10.6. The van der Waals surface area contributed by atoms with Gasteiger partial charge in [-0.3, -0.25) is 4.55 Å². The molecule has 0 aliphatic carbocycles. The lowest BCUT2D eigenvalue weighted by molar-refractivity contribution is 0.115. The highest BCUT2D eigenvalue weighted by atomic mass is 32.2. The van der Waals surface area contributed by atoms with Gasteiger partial charge in [0.15, 0.2) is 0 Å². The van der Waals surface area contributed by atoms with E-state index in [9.17, 15) is 13.2 Å². The Hall–Kier alpha value is -0.820. The molecule has 0 bridgehead atoms. The minimum Gasteiger partial charge on any atom is -0.430 e. The Morgan fingerprint density at radius 3 is 2.69 bits per heavy atom. The van der Waals surface area contributed by atoms with E-state index in [2.05, 4.69) is 4.74 Å². The van der Waals surface area contributed by atoms with E-state index in [1.807, 2.05) is 6.92 Å². The smallest absolute Gasteiger partial charge is 0.430 e. The highest BCUT2D eigenvalue weighted by Crippen LogP contribution is 2.20. The van der Waals surface area contributed by atoms with Crippen molar-refractivity contribution in [3.63, 3.8) is 0 Å². The van der Waals surface area contributed by atoms with Crippen molar-refractivity contribution < 1.29 is 27.2 Å². The van der Waals surface area contributed by atoms with Crippen LogP contribution in [0.5, 0.6) is 0 Å².